The maximum atomic E-state index is 12.8. The summed E-state index contributed by atoms with van der Waals surface area (Å²) < 4.78 is 5.88. The molecule has 0 aliphatic carbocycles. The van der Waals surface area contributed by atoms with E-state index in [1.54, 1.807) is 11.8 Å². The normalized spacial score (nSPS) is 16.1. The van der Waals surface area contributed by atoms with Crippen molar-refractivity contribution in [3.8, 4) is 5.75 Å². The molecular formula is C25H32N2O3. The van der Waals surface area contributed by atoms with Gasteiger partial charge >= 0.3 is 0 Å². The van der Waals surface area contributed by atoms with E-state index in [0.717, 1.165) is 5.69 Å². The Morgan fingerprint density at radius 2 is 1.60 bits per heavy atom. The van der Waals surface area contributed by atoms with Crippen LogP contribution < -0.4 is 10.1 Å². The van der Waals surface area contributed by atoms with Crippen LogP contribution in [0, 0.1) is 5.92 Å². The molecule has 3 rings (SSSR count). The van der Waals surface area contributed by atoms with Crippen LogP contribution in [0.4, 0.5) is 5.69 Å². The van der Waals surface area contributed by atoms with Crippen LogP contribution in [-0.2, 0) is 15.0 Å². The lowest BCUT2D eigenvalue weighted by molar-refractivity contribution is -0.140. The number of rotatable bonds is 5. The highest BCUT2D eigenvalue weighted by Crippen LogP contribution is 2.25. The first-order valence-electron chi connectivity index (χ1n) is 10.7. The number of likely N-dealkylation sites (tertiary alicyclic amines) is 1. The van der Waals surface area contributed by atoms with E-state index in [2.05, 4.69) is 26.1 Å². The monoisotopic (exact) mass is 408 g/mol. The minimum atomic E-state index is -0.555. The Labute approximate surface area is 179 Å². The molecule has 0 radical (unpaired) electrons. The third kappa shape index (κ3) is 5.62. The number of benzene rings is 2. The number of carbonyl (C=O) groups is 2. The molecule has 1 heterocycles. The predicted molar refractivity (Wildman–Crippen MR) is 120 cm³/mol. The predicted octanol–water partition coefficient (Wildman–Crippen LogP) is 4.63. The number of hydrogen-bond donors (Lipinski definition) is 1. The maximum Gasteiger partial charge on any atom is 0.263 e. The van der Waals surface area contributed by atoms with Crippen molar-refractivity contribution in [1.29, 1.82) is 0 Å². The molecule has 1 fully saturated rings. The summed E-state index contributed by atoms with van der Waals surface area (Å²) in [5.41, 5.74) is 2.11. The molecule has 2 aromatic carbocycles. The molecule has 5 heteroatoms. The molecule has 1 atom stereocenters. The number of carbonyl (C=O) groups excluding carboxylic acids is 2. The van der Waals surface area contributed by atoms with Gasteiger partial charge in [-0.15, -0.1) is 0 Å². The molecule has 0 spiro atoms. The second-order valence-electron chi connectivity index (χ2n) is 8.99. The number of nitrogens with one attached hydrogen (secondary N) is 1. The molecule has 1 N–H and O–H groups in total. The van der Waals surface area contributed by atoms with Crippen molar-refractivity contribution in [2.45, 2.75) is 52.1 Å². The van der Waals surface area contributed by atoms with Crippen LogP contribution in [0.15, 0.2) is 54.6 Å². The quantitative estimate of drug-likeness (QED) is 0.785. The number of piperidine rings is 1. The number of amides is 2. The molecule has 5 nitrogen and oxygen atoms in total. The minimum absolute atomic E-state index is 0.0246. The molecule has 0 saturated carbocycles. The lowest BCUT2D eigenvalue weighted by Crippen LogP contribution is -2.46. The topological polar surface area (TPSA) is 58.6 Å². The van der Waals surface area contributed by atoms with E-state index in [1.165, 1.54) is 5.56 Å². The van der Waals surface area contributed by atoms with Crippen LogP contribution >= 0.6 is 0 Å². The minimum Gasteiger partial charge on any atom is -0.481 e. The molecule has 2 amide bonds. The van der Waals surface area contributed by atoms with Gasteiger partial charge in [-0.3, -0.25) is 9.59 Å². The van der Waals surface area contributed by atoms with Gasteiger partial charge in [-0.05, 0) is 55.0 Å². The summed E-state index contributed by atoms with van der Waals surface area (Å²) in [6.07, 6.45) is 0.773. The van der Waals surface area contributed by atoms with Crippen molar-refractivity contribution in [1.82, 2.24) is 4.90 Å². The smallest absolute Gasteiger partial charge is 0.263 e. The molecule has 160 valence electrons. The second kappa shape index (κ2) is 9.33. The van der Waals surface area contributed by atoms with Gasteiger partial charge in [0.1, 0.15) is 5.75 Å². The summed E-state index contributed by atoms with van der Waals surface area (Å²) in [5.74, 6) is 0.616. The highest BCUT2D eigenvalue weighted by Gasteiger charge is 2.30. The Morgan fingerprint density at radius 3 is 2.17 bits per heavy atom. The molecule has 1 saturated heterocycles. The van der Waals surface area contributed by atoms with E-state index in [4.69, 9.17) is 4.74 Å². The number of anilines is 1. The Kier molecular flexibility index (Phi) is 6.80. The zero-order chi connectivity index (χ0) is 21.7. The van der Waals surface area contributed by atoms with Gasteiger partial charge < -0.3 is 15.0 Å². The molecular weight excluding hydrogens is 376 g/mol. The molecule has 2 aromatic rings. The number of hydrogen-bond acceptors (Lipinski definition) is 3. The van der Waals surface area contributed by atoms with Gasteiger partial charge in [-0.2, -0.15) is 0 Å². The van der Waals surface area contributed by atoms with E-state index in [9.17, 15) is 9.59 Å². The van der Waals surface area contributed by atoms with Crippen molar-refractivity contribution >= 4 is 17.5 Å². The fraction of sp³-hybridized carbons (Fsp3) is 0.440. The van der Waals surface area contributed by atoms with E-state index >= 15 is 0 Å². The fourth-order valence-electron chi connectivity index (χ4n) is 3.67. The number of ether oxygens (including phenoxy) is 1. The van der Waals surface area contributed by atoms with Crippen LogP contribution in [0.5, 0.6) is 5.75 Å². The lowest BCUT2D eigenvalue weighted by Gasteiger charge is -2.33. The molecule has 0 aromatic heterocycles. The summed E-state index contributed by atoms with van der Waals surface area (Å²) in [6.45, 7) is 9.43. The zero-order valence-corrected chi connectivity index (χ0v) is 18.4. The number of nitrogens with zero attached hydrogens (tertiary/aromatic N) is 1. The molecule has 30 heavy (non-hydrogen) atoms. The van der Waals surface area contributed by atoms with Crippen LogP contribution in [0.3, 0.4) is 0 Å². The lowest BCUT2D eigenvalue weighted by atomic mass is 9.87. The highest BCUT2D eigenvalue weighted by molar-refractivity contribution is 5.92. The van der Waals surface area contributed by atoms with Gasteiger partial charge in [-0.25, -0.2) is 0 Å². The zero-order valence-electron chi connectivity index (χ0n) is 18.4. The van der Waals surface area contributed by atoms with Gasteiger partial charge in [-0.1, -0.05) is 51.1 Å². The van der Waals surface area contributed by atoms with Gasteiger partial charge in [0.2, 0.25) is 5.91 Å². The van der Waals surface area contributed by atoms with Gasteiger partial charge in [0.05, 0.1) is 0 Å². The first kappa shape index (κ1) is 21.9. The second-order valence-corrected chi connectivity index (χ2v) is 8.99. The summed E-state index contributed by atoms with van der Waals surface area (Å²) in [7, 11) is 0. The molecule has 0 bridgehead atoms. The van der Waals surface area contributed by atoms with Crippen molar-refractivity contribution < 1.29 is 14.3 Å². The van der Waals surface area contributed by atoms with E-state index in [0.29, 0.717) is 31.7 Å². The van der Waals surface area contributed by atoms with Gasteiger partial charge in [0.15, 0.2) is 6.10 Å². The standard InChI is InChI=1S/C25H32N2O3/c1-18(30-22-12-10-20(11-13-22)25(2,3)4)24(29)27-16-14-19(15-17-27)23(28)26-21-8-6-5-7-9-21/h5-13,18-19H,14-17H2,1-4H3,(H,26,28)/t18-/m0/s1. The van der Waals surface area contributed by atoms with E-state index < -0.39 is 6.10 Å². The Hall–Kier alpha value is -2.82. The average molecular weight is 409 g/mol. The Balaban J connectivity index is 1.49. The average Bonchev–Trinajstić information content (AvgIpc) is 2.73. The highest BCUT2D eigenvalue weighted by atomic mass is 16.5. The largest absolute Gasteiger partial charge is 0.481 e. The molecule has 0 unspecified atom stereocenters. The Morgan fingerprint density at radius 1 is 1.00 bits per heavy atom. The third-order valence-electron chi connectivity index (χ3n) is 5.60. The summed E-state index contributed by atoms with van der Waals surface area (Å²) in [4.78, 5) is 27.1. The summed E-state index contributed by atoms with van der Waals surface area (Å²) in [6, 6.07) is 17.4. The van der Waals surface area contributed by atoms with Gasteiger partial charge in [0, 0.05) is 24.7 Å². The molecule has 1 aliphatic rings. The van der Waals surface area contributed by atoms with E-state index in [1.807, 2.05) is 54.6 Å². The van der Waals surface area contributed by atoms with Gasteiger partial charge in [0.25, 0.3) is 5.91 Å². The first-order chi connectivity index (χ1) is 14.2. The van der Waals surface area contributed by atoms with Crippen LogP contribution in [-0.4, -0.2) is 35.9 Å². The molecule has 1 aliphatic heterocycles. The van der Waals surface area contributed by atoms with Crippen LogP contribution in [0.25, 0.3) is 0 Å². The Bertz CT molecular complexity index is 848. The van der Waals surface area contributed by atoms with Crippen LogP contribution in [0.1, 0.15) is 46.1 Å². The van der Waals surface area contributed by atoms with Crippen molar-refractivity contribution in [2.75, 3.05) is 18.4 Å². The maximum absolute atomic E-state index is 12.8. The fourth-order valence-corrected chi connectivity index (χ4v) is 3.67. The van der Waals surface area contributed by atoms with Crippen molar-refractivity contribution in [3.05, 3.63) is 60.2 Å². The summed E-state index contributed by atoms with van der Waals surface area (Å²) in [5, 5.41) is 2.96. The van der Waals surface area contributed by atoms with Crippen LogP contribution in [0.2, 0.25) is 0 Å². The van der Waals surface area contributed by atoms with E-state index in [-0.39, 0.29) is 23.1 Å². The third-order valence-corrected chi connectivity index (χ3v) is 5.60. The number of para-hydroxylation sites is 1. The van der Waals surface area contributed by atoms with Crippen molar-refractivity contribution in [3.63, 3.8) is 0 Å². The first-order valence-corrected chi connectivity index (χ1v) is 10.7. The van der Waals surface area contributed by atoms with Crippen molar-refractivity contribution in [2.24, 2.45) is 5.92 Å². The summed E-state index contributed by atoms with van der Waals surface area (Å²) >= 11 is 0. The SMILES string of the molecule is C[C@H](Oc1ccc(C(C)(C)C)cc1)C(=O)N1CCC(C(=O)Nc2ccccc2)CC1.